The molecule has 1 saturated heterocycles. The minimum Gasteiger partial charge on any atom is -0.507 e. The molecule has 1 aliphatic heterocycles. The molecule has 0 saturated carbocycles. The fourth-order valence-electron chi connectivity index (χ4n) is 4.63. The number of aliphatic hydroxyl groups is 1. The number of halogens is 1. The van der Waals surface area contributed by atoms with Gasteiger partial charge in [0.05, 0.1) is 11.6 Å². The first-order valence-corrected chi connectivity index (χ1v) is 12.5. The molecule has 0 radical (unpaired) electrons. The molecule has 0 bridgehead atoms. The van der Waals surface area contributed by atoms with Crippen LogP contribution in [0.2, 0.25) is 5.02 Å². The molecular formula is C31H25ClN2O4. The average molecular weight is 525 g/mol. The zero-order valence-corrected chi connectivity index (χ0v) is 21.6. The number of anilines is 1. The van der Waals surface area contributed by atoms with Crippen LogP contribution in [0, 0.1) is 13.8 Å². The topological polar surface area (TPSA) is 79.7 Å². The zero-order chi connectivity index (χ0) is 26.8. The van der Waals surface area contributed by atoms with Crippen molar-refractivity contribution in [3.63, 3.8) is 0 Å². The van der Waals surface area contributed by atoms with Gasteiger partial charge in [0.15, 0.2) is 0 Å². The smallest absolute Gasteiger partial charge is 0.300 e. The maximum Gasteiger partial charge on any atom is 0.300 e. The van der Waals surface area contributed by atoms with Crippen LogP contribution in [0.1, 0.15) is 33.9 Å². The van der Waals surface area contributed by atoms with Gasteiger partial charge in [0.2, 0.25) is 0 Å². The highest BCUT2D eigenvalue weighted by Gasteiger charge is 2.47. The Hall–Kier alpha value is -4.42. The van der Waals surface area contributed by atoms with E-state index in [1.807, 2.05) is 44.2 Å². The summed E-state index contributed by atoms with van der Waals surface area (Å²) in [4.78, 5) is 32.4. The summed E-state index contributed by atoms with van der Waals surface area (Å²) in [7, 11) is 0. The Balaban J connectivity index is 1.57. The van der Waals surface area contributed by atoms with E-state index >= 15 is 0 Å². The fraction of sp³-hybridized carbons (Fsp3) is 0.129. The van der Waals surface area contributed by atoms with Crippen molar-refractivity contribution in [2.24, 2.45) is 0 Å². The number of carbonyl (C=O) groups excluding carboxylic acids is 2. The lowest BCUT2D eigenvalue weighted by atomic mass is 9.95. The molecule has 6 nitrogen and oxygen atoms in total. The standard InChI is InChI=1S/C31H25ClN2O4/c1-19-10-12-24(32)16-25(19)34-28(23-9-6-14-33-17-23)27(30(36)31(34)37)29(35)22-11-13-26(20(2)15-22)38-18-21-7-4-3-5-8-21/h3-17,28,35H,18H2,1-2H3/b29-27+. The molecule has 1 fully saturated rings. The first kappa shape index (κ1) is 25.2. The van der Waals surface area contributed by atoms with Gasteiger partial charge in [-0.05, 0) is 72.5 Å². The summed E-state index contributed by atoms with van der Waals surface area (Å²) in [6, 6.07) is 22.8. The van der Waals surface area contributed by atoms with Crippen molar-refractivity contribution >= 4 is 34.7 Å². The number of amides is 1. The number of aliphatic hydroxyl groups excluding tert-OH is 1. The minimum atomic E-state index is -0.879. The minimum absolute atomic E-state index is 0.0141. The maximum atomic E-state index is 13.4. The molecular weight excluding hydrogens is 500 g/mol. The van der Waals surface area contributed by atoms with E-state index in [9.17, 15) is 14.7 Å². The third kappa shape index (κ3) is 4.78. The number of ether oxygens (including phenoxy) is 1. The predicted octanol–water partition coefficient (Wildman–Crippen LogP) is 6.56. The van der Waals surface area contributed by atoms with E-state index in [-0.39, 0.29) is 11.3 Å². The number of rotatable bonds is 6. The second-order valence-corrected chi connectivity index (χ2v) is 9.58. The normalized spacial score (nSPS) is 16.6. The van der Waals surface area contributed by atoms with Crippen LogP contribution in [-0.2, 0) is 16.2 Å². The number of nitrogens with zero attached hydrogens (tertiary/aromatic N) is 2. The highest BCUT2D eigenvalue weighted by Crippen LogP contribution is 2.43. The zero-order valence-electron chi connectivity index (χ0n) is 20.9. The van der Waals surface area contributed by atoms with Crippen LogP contribution in [0.4, 0.5) is 5.69 Å². The van der Waals surface area contributed by atoms with Crippen LogP contribution >= 0.6 is 11.6 Å². The Labute approximate surface area is 225 Å². The van der Waals surface area contributed by atoms with Crippen LogP contribution in [0.5, 0.6) is 5.75 Å². The van der Waals surface area contributed by atoms with E-state index in [4.69, 9.17) is 16.3 Å². The third-order valence-corrected chi connectivity index (χ3v) is 6.80. The molecule has 4 aromatic rings. The molecule has 0 aliphatic carbocycles. The van der Waals surface area contributed by atoms with Gasteiger partial charge < -0.3 is 9.84 Å². The van der Waals surface area contributed by atoms with E-state index in [2.05, 4.69) is 4.98 Å². The van der Waals surface area contributed by atoms with Crippen LogP contribution in [0.25, 0.3) is 5.76 Å². The van der Waals surface area contributed by atoms with Gasteiger partial charge in [-0.3, -0.25) is 19.5 Å². The number of hydrogen-bond acceptors (Lipinski definition) is 5. The van der Waals surface area contributed by atoms with E-state index < -0.39 is 17.7 Å². The first-order chi connectivity index (χ1) is 18.3. The monoisotopic (exact) mass is 524 g/mol. The fourth-order valence-corrected chi connectivity index (χ4v) is 4.79. The Bertz CT molecular complexity index is 1550. The molecule has 0 spiro atoms. The number of pyridine rings is 1. The molecule has 3 aromatic carbocycles. The van der Waals surface area contributed by atoms with Gasteiger partial charge in [-0.1, -0.05) is 54.1 Å². The summed E-state index contributed by atoms with van der Waals surface area (Å²) in [5.74, 6) is -1.13. The van der Waals surface area contributed by atoms with Gasteiger partial charge in [-0.15, -0.1) is 0 Å². The lowest BCUT2D eigenvalue weighted by Gasteiger charge is -2.26. The molecule has 1 aromatic heterocycles. The first-order valence-electron chi connectivity index (χ1n) is 12.1. The van der Waals surface area contributed by atoms with Crippen LogP contribution in [0.3, 0.4) is 0 Å². The van der Waals surface area contributed by atoms with Crippen LogP contribution in [-0.4, -0.2) is 21.8 Å². The van der Waals surface area contributed by atoms with E-state index in [1.165, 1.54) is 4.90 Å². The summed E-state index contributed by atoms with van der Waals surface area (Å²) in [5.41, 5.74) is 4.06. The molecule has 1 atom stereocenters. The molecule has 2 heterocycles. The average Bonchev–Trinajstić information content (AvgIpc) is 3.20. The second-order valence-electron chi connectivity index (χ2n) is 9.14. The quantitative estimate of drug-likeness (QED) is 0.175. The number of hydrogen-bond donors (Lipinski definition) is 1. The molecule has 38 heavy (non-hydrogen) atoms. The predicted molar refractivity (Wildman–Crippen MR) is 147 cm³/mol. The maximum absolute atomic E-state index is 13.4. The van der Waals surface area contributed by atoms with Gasteiger partial charge in [0, 0.05) is 28.7 Å². The van der Waals surface area contributed by atoms with Crippen molar-refractivity contribution < 1.29 is 19.4 Å². The van der Waals surface area contributed by atoms with E-state index in [1.54, 1.807) is 60.9 Å². The van der Waals surface area contributed by atoms with Gasteiger partial charge in [0.25, 0.3) is 11.7 Å². The Kier molecular flexibility index (Phi) is 6.99. The Morgan fingerprint density at radius 1 is 0.974 bits per heavy atom. The highest BCUT2D eigenvalue weighted by atomic mass is 35.5. The summed E-state index contributed by atoms with van der Waals surface area (Å²) in [6.45, 7) is 4.10. The second kappa shape index (κ2) is 10.5. The van der Waals surface area contributed by atoms with E-state index in [0.29, 0.717) is 34.2 Å². The van der Waals surface area contributed by atoms with Crippen LogP contribution < -0.4 is 9.64 Å². The lowest BCUT2D eigenvalue weighted by molar-refractivity contribution is -0.132. The van der Waals surface area contributed by atoms with Crippen molar-refractivity contribution in [3.8, 4) is 5.75 Å². The number of ketones is 1. The third-order valence-electron chi connectivity index (χ3n) is 6.56. The highest BCUT2D eigenvalue weighted by molar-refractivity contribution is 6.52. The van der Waals surface area contributed by atoms with Crippen molar-refractivity contribution in [1.29, 1.82) is 0 Å². The largest absolute Gasteiger partial charge is 0.507 e. The van der Waals surface area contributed by atoms with Crippen molar-refractivity contribution in [3.05, 3.63) is 130 Å². The van der Waals surface area contributed by atoms with Gasteiger partial charge in [0.1, 0.15) is 18.1 Å². The molecule has 190 valence electrons. The molecule has 5 rings (SSSR count). The Morgan fingerprint density at radius 2 is 1.76 bits per heavy atom. The summed E-state index contributed by atoms with van der Waals surface area (Å²) in [5, 5.41) is 11.9. The number of Topliss-reactive ketones (excluding diaryl/α,β-unsaturated/α-hetero) is 1. The summed E-state index contributed by atoms with van der Waals surface area (Å²) < 4.78 is 5.96. The molecule has 1 unspecified atom stereocenters. The van der Waals surface area contributed by atoms with Crippen molar-refractivity contribution in [1.82, 2.24) is 4.98 Å². The van der Waals surface area contributed by atoms with Gasteiger partial charge >= 0.3 is 0 Å². The molecule has 1 N–H and O–H groups in total. The number of benzene rings is 3. The van der Waals surface area contributed by atoms with Crippen molar-refractivity contribution in [2.45, 2.75) is 26.5 Å². The molecule has 1 amide bonds. The van der Waals surface area contributed by atoms with Gasteiger partial charge in [-0.2, -0.15) is 0 Å². The number of aromatic nitrogens is 1. The van der Waals surface area contributed by atoms with Crippen molar-refractivity contribution in [2.75, 3.05) is 4.90 Å². The van der Waals surface area contributed by atoms with Crippen LogP contribution in [0.15, 0.2) is 96.8 Å². The molecule has 7 heteroatoms. The lowest BCUT2D eigenvalue weighted by Crippen LogP contribution is -2.30. The van der Waals surface area contributed by atoms with E-state index in [0.717, 1.165) is 16.7 Å². The Morgan fingerprint density at radius 3 is 2.47 bits per heavy atom. The number of aryl methyl sites for hydroxylation is 2. The van der Waals surface area contributed by atoms with Gasteiger partial charge in [-0.25, -0.2) is 0 Å². The molecule has 1 aliphatic rings. The number of carbonyl (C=O) groups is 2. The summed E-state index contributed by atoms with van der Waals surface area (Å²) in [6.07, 6.45) is 3.19. The summed E-state index contributed by atoms with van der Waals surface area (Å²) >= 11 is 6.26. The SMILES string of the molecule is Cc1cc(/C(O)=C2\C(=O)C(=O)N(c3cc(Cl)ccc3C)C2c2cccnc2)ccc1OCc1ccccc1.